The molecule has 34 heavy (non-hydrogen) atoms. The molecule has 3 aromatic carbocycles. The number of para-hydroxylation sites is 1. The lowest BCUT2D eigenvalue weighted by atomic mass is 10.1. The van der Waals surface area contributed by atoms with Gasteiger partial charge in [0.15, 0.2) is 5.13 Å². The first-order valence-electron chi connectivity index (χ1n) is 9.82. The molecule has 0 bridgehead atoms. The number of non-ortho nitro benzene ring substituents is 1. The van der Waals surface area contributed by atoms with E-state index in [-0.39, 0.29) is 22.1 Å². The van der Waals surface area contributed by atoms with Crippen LogP contribution in [0.5, 0.6) is 5.75 Å². The number of nitrogens with one attached hydrogen (secondary N) is 1. The van der Waals surface area contributed by atoms with Crippen molar-refractivity contribution in [1.82, 2.24) is 4.98 Å². The molecule has 0 aliphatic carbocycles. The van der Waals surface area contributed by atoms with E-state index in [4.69, 9.17) is 4.74 Å². The predicted molar refractivity (Wildman–Crippen MR) is 127 cm³/mol. The van der Waals surface area contributed by atoms with Crippen molar-refractivity contribution in [1.29, 1.82) is 0 Å². The van der Waals surface area contributed by atoms with Gasteiger partial charge in [-0.3, -0.25) is 30.3 Å². The number of thiazole rings is 1. The molecule has 10 nitrogen and oxygen atoms in total. The maximum atomic E-state index is 12.8. The molecule has 0 saturated carbocycles. The molecular formula is C23H16N4O6S. The zero-order valence-corrected chi connectivity index (χ0v) is 18.4. The van der Waals surface area contributed by atoms with Crippen molar-refractivity contribution in [3.05, 3.63) is 98.6 Å². The van der Waals surface area contributed by atoms with Crippen molar-refractivity contribution in [3.63, 3.8) is 0 Å². The molecule has 0 radical (unpaired) electrons. The van der Waals surface area contributed by atoms with Gasteiger partial charge in [0.2, 0.25) is 0 Å². The molecule has 1 heterocycles. The maximum absolute atomic E-state index is 12.8. The predicted octanol–water partition coefficient (Wildman–Crippen LogP) is 5.55. The Labute approximate surface area is 196 Å². The number of anilines is 1. The van der Waals surface area contributed by atoms with Gasteiger partial charge in [-0.15, -0.1) is 0 Å². The van der Waals surface area contributed by atoms with E-state index in [0.29, 0.717) is 21.9 Å². The summed E-state index contributed by atoms with van der Waals surface area (Å²) in [5.41, 5.74) is 1.43. The monoisotopic (exact) mass is 476 g/mol. The normalized spacial score (nSPS) is 10.5. The van der Waals surface area contributed by atoms with E-state index in [9.17, 15) is 25.0 Å². The molecular weight excluding hydrogens is 460 g/mol. The van der Waals surface area contributed by atoms with Gasteiger partial charge in [-0.05, 0) is 48.0 Å². The molecule has 0 spiro atoms. The van der Waals surface area contributed by atoms with E-state index < -0.39 is 15.8 Å². The highest BCUT2D eigenvalue weighted by Gasteiger charge is 2.22. The highest BCUT2D eigenvalue weighted by molar-refractivity contribution is 7.19. The van der Waals surface area contributed by atoms with Crippen LogP contribution in [0.4, 0.5) is 16.5 Å². The summed E-state index contributed by atoms with van der Waals surface area (Å²) >= 11 is 1.18. The molecule has 4 rings (SSSR count). The fourth-order valence-corrected chi connectivity index (χ4v) is 4.23. The fourth-order valence-electron chi connectivity index (χ4n) is 3.24. The van der Waals surface area contributed by atoms with Gasteiger partial charge in [0.1, 0.15) is 11.3 Å². The summed E-state index contributed by atoms with van der Waals surface area (Å²) in [5, 5.41) is 25.2. The zero-order chi connectivity index (χ0) is 24.2. The van der Waals surface area contributed by atoms with Gasteiger partial charge in [0, 0.05) is 23.8 Å². The summed E-state index contributed by atoms with van der Waals surface area (Å²) < 4.78 is 5.20. The van der Waals surface area contributed by atoms with Gasteiger partial charge >= 0.3 is 0 Å². The lowest BCUT2D eigenvalue weighted by molar-refractivity contribution is -0.385. The number of hydrogen-bond donors (Lipinski definition) is 1. The molecule has 4 aromatic rings. The zero-order valence-electron chi connectivity index (χ0n) is 17.6. The van der Waals surface area contributed by atoms with E-state index in [0.717, 1.165) is 5.56 Å². The van der Waals surface area contributed by atoms with Gasteiger partial charge in [-0.1, -0.05) is 23.5 Å². The standard InChI is InChI=1S/C23H16N4O6S/c1-33-17-12-8-15(9-13-17)21-20(14-6-10-16(11-7-14)26(29)30)24-23(34-21)25-22(28)18-4-2-3-5-19(18)27(31)32/h2-13H,1H3,(H,24,25,28). The number of nitro groups is 2. The van der Waals surface area contributed by atoms with Crippen LogP contribution in [0.2, 0.25) is 0 Å². The van der Waals surface area contributed by atoms with E-state index in [2.05, 4.69) is 10.3 Å². The number of carbonyl (C=O) groups excluding carboxylic acids is 1. The van der Waals surface area contributed by atoms with E-state index >= 15 is 0 Å². The number of ether oxygens (including phenoxy) is 1. The number of amides is 1. The van der Waals surface area contributed by atoms with Crippen LogP contribution in [0.25, 0.3) is 21.7 Å². The van der Waals surface area contributed by atoms with Crippen molar-refractivity contribution in [2.24, 2.45) is 0 Å². The first-order chi connectivity index (χ1) is 16.4. The van der Waals surface area contributed by atoms with Gasteiger partial charge in [-0.25, -0.2) is 4.98 Å². The van der Waals surface area contributed by atoms with Crippen LogP contribution < -0.4 is 10.1 Å². The Morgan fingerprint density at radius 1 is 0.912 bits per heavy atom. The van der Waals surface area contributed by atoms with Crippen molar-refractivity contribution in [2.45, 2.75) is 0 Å². The molecule has 0 aliphatic rings. The molecule has 1 aromatic heterocycles. The Balaban J connectivity index is 1.75. The second-order valence-corrected chi connectivity index (χ2v) is 7.96. The summed E-state index contributed by atoms with van der Waals surface area (Å²) in [6.45, 7) is 0. The van der Waals surface area contributed by atoms with E-state index in [1.54, 1.807) is 31.4 Å². The van der Waals surface area contributed by atoms with Gasteiger partial charge in [0.25, 0.3) is 17.3 Å². The van der Waals surface area contributed by atoms with Crippen LogP contribution in [-0.4, -0.2) is 27.8 Å². The summed E-state index contributed by atoms with van der Waals surface area (Å²) in [6, 6.07) is 18.7. The van der Waals surface area contributed by atoms with Crippen LogP contribution in [0.1, 0.15) is 10.4 Å². The molecule has 0 saturated heterocycles. The first-order valence-corrected chi connectivity index (χ1v) is 10.6. The highest BCUT2D eigenvalue weighted by Crippen LogP contribution is 2.40. The minimum atomic E-state index is -0.669. The third-order valence-electron chi connectivity index (χ3n) is 4.90. The molecule has 0 aliphatic heterocycles. The van der Waals surface area contributed by atoms with Crippen molar-refractivity contribution in [2.75, 3.05) is 12.4 Å². The van der Waals surface area contributed by atoms with Crippen molar-refractivity contribution >= 4 is 33.8 Å². The minimum Gasteiger partial charge on any atom is -0.497 e. The Kier molecular flexibility index (Phi) is 6.28. The van der Waals surface area contributed by atoms with Crippen LogP contribution in [0, 0.1) is 20.2 Å². The topological polar surface area (TPSA) is 138 Å². The number of nitro benzene ring substituents is 2. The third-order valence-corrected chi connectivity index (χ3v) is 5.92. The number of benzene rings is 3. The Bertz CT molecular complexity index is 1380. The van der Waals surface area contributed by atoms with Crippen molar-refractivity contribution in [3.8, 4) is 27.4 Å². The molecule has 0 fully saturated rings. The summed E-state index contributed by atoms with van der Waals surface area (Å²) in [7, 11) is 1.56. The SMILES string of the molecule is COc1ccc(-c2sc(NC(=O)c3ccccc3[N+](=O)[O-])nc2-c2ccc([N+](=O)[O-])cc2)cc1. The molecule has 11 heteroatoms. The lowest BCUT2D eigenvalue weighted by Gasteiger charge is -2.04. The lowest BCUT2D eigenvalue weighted by Crippen LogP contribution is -2.13. The third kappa shape index (κ3) is 4.59. The van der Waals surface area contributed by atoms with E-state index in [1.165, 1.54) is 47.7 Å². The number of hydrogen-bond acceptors (Lipinski definition) is 8. The Morgan fingerprint density at radius 3 is 2.18 bits per heavy atom. The summed E-state index contributed by atoms with van der Waals surface area (Å²) in [4.78, 5) is 39.2. The molecule has 1 amide bonds. The molecule has 170 valence electrons. The number of nitrogens with zero attached hydrogens (tertiary/aromatic N) is 3. The van der Waals surface area contributed by atoms with Gasteiger partial charge in [-0.2, -0.15) is 0 Å². The Hall–Kier alpha value is -4.64. The smallest absolute Gasteiger partial charge is 0.282 e. The second kappa shape index (κ2) is 9.46. The minimum absolute atomic E-state index is 0.0603. The van der Waals surface area contributed by atoms with Crippen LogP contribution in [-0.2, 0) is 0 Å². The average molecular weight is 476 g/mol. The largest absolute Gasteiger partial charge is 0.497 e. The first kappa shape index (κ1) is 22.6. The fraction of sp³-hybridized carbons (Fsp3) is 0.0435. The highest BCUT2D eigenvalue weighted by atomic mass is 32.1. The second-order valence-electron chi connectivity index (χ2n) is 6.96. The van der Waals surface area contributed by atoms with Crippen LogP contribution >= 0.6 is 11.3 Å². The Morgan fingerprint density at radius 2 is 1.56 bits per heavy atom. The summed E-state index contributed by atoms with van der Waals surface area (Å²) in [6.07, 6.45) is 0. The summed E-state index contributed by atoms with van der Waals surface area (Å²) in [5.74, 6) is -0.00681. The van der Waals surface area contributed by atoms with Crippen molar-refractivity contribution < 1.29 is 19.4 Å². The number of carbonyl (C=O) groups is 1. The average Bonchev–Trinajstić information content (AvgIpc) is 3.27. The molecule has 1 N–H and O–H groups in total. The van der Waals surface area contributed by atoms with Crippen LogP contribution in [0.3, 0.4) is 0 Å². The maximum Gasteiger partial charge on any atom is 0.282 e. The number of methoxy groups -OCH3 is 1. The van der Waals surface area contributed by atoms with Crippen LogP contribution in [0.15, 0.2) is 72.8 Å². The number of aromatic nitrogens is 1. The quantitative estimate of drug-likeness (QED) is 0.272. The van der Waals surface area contributed by atoms with Gasteiger partial charge in [0.05, 0.1) is 27.5 Å². The van der Waals surface area contributed by atoms with E-state index in [1.807, 2.05) is 12.1 Å². The molecule has 0 atom stereocenters. The molecule has 0 unspecified atom stereocenters. The van der Waals surface area contributed by atoms with Gasteiger partial charge < -0.3 is 4.74 Å². The number of rotatable bonds is 7.